The third-order valence-electron chi connectivity index (χ3n) is 5.64. The molecule has 5 nitrogen and oxygen atoms in total. The number of benzene rings is 1. The molecule has 0 saturated carbocycles. The van der Waals surface area contributed by atoms with Crippen molar-refractivity contribution in [2.75, 3.05) is 24.5 Å². The first-order chi connectivity index (χ1) is 12.2. The number of nitrogens with zero attached hydrogens (tertiary/aromatic N) is 4. The van der Waals surface area contributed by atoms with E-state index in [1.165, 1.54) is 17.5 Å². The van der Waals surface area contributed by atoms with Gasteiger partial charge in [-0.2, -0.15) is 5.10 Å². The highest BCUT2D eigenvalue weighted by Crippen LogP contribution is 2.23. The van der Waals surface area contributed by atoms with Gasteiger partial charge >= 0.3 is 0 Å². The quantitative estimate of drug-likeness (QED) is 0.858. The molecule has 0 bridgehead atoms. The Morgan fingerprint density at radius 3 is 2.84 bits per heavy atom. The lowest BCUT2D eigenvalue weighted by molar-refractivity contribution is 0.235. The monoisotopic (exact) mass is 338 g/mol. The van der Waals surface area contributed by atoms with Crippen LogP contribution in [-0.2, 0) is 19.5 Å². The van der Waals surface area contributed by atoms with E-state index in [2.05, 4.69) is 46.1 Å². The fraction of sp³-hybridized carbons (Fsp3) is 0.500. The Balaban J connectivity index is 1.50. The Morgan fingerprint density at radius 1 is 1.20 bits per heavy atom. The van der Waals surface area contributed by atoms with Crippen molar-refractivity contribution in [3.63, 3.8) is 0 Å². The van der Waals surface area contributed by atoms with Gasteiger partial charge in [-0.3, -0.25) is 9.69 Å². The highest BCUT2D eigenvalue weighted by Gasteiger charge is 2.24. The van der Waals surface area contributed by atoms with Crippen molar-refractivity contribution in [2.24, 2.45) is 0 Å². The van der Waals surface area contributed by atoms with Gasteiger partial charge in [0.05, 0.1) is 18.4 Å². The molecule has 1 atom stereocenters. The lowest BCUT2D eigenvalue weighted by atomic mass is 10.00. The average molecular weight is 338 g/mol. The molecule has 1 aromatic heterocycles. The SMILES string of the molecule is CCN1CCC[C@H]1Cn1ncc(N2CCc3ccccc3C2)cc1=O. The molecule has 4 rings (SSSR count). The van der Waals surface area contributed by atoms with Crippen LogP contribution in [0.15, 0.2) is 41.3 Å². The van der Waals surface area contributed by atoms with Crippen molar-refractivity contribution in [3.8, 4) is 0 Å². The predicted molar refractivity (Wildman–Crippen MR) is 100.0 cm³/mol. The largest absolute Gasteiger partial charge is 0.365 e. The lowest BCUT2D eigenvalue weighted by Gasteiger charge is -2.30. The molecule has 0 aliphatic carbocycles. The van der Waals surface area contributed by atoms with Crippen LogP contribution in [0.2, 0.25) is 0 Å². The second-order valence-electron chi connectivity index (χ2n) is 7.10. The highest BCUT2D eigenvalue weighted by molar-refractivity contribution is 5.47. The van der Waals surface area contributed by atoms with Crippen molar-refractivity contribution in [1.82, 2.24) is 14.7 Å². The Kier molecular flexibility index (Phi) is 4.57. The fourth-order valence-corrected chi connectivity index (χ4v) is 4.17. The summed E-state index contributed by atoms with van der Waals surface area (Å²) in [6.45, 7) is 6.87. The number of anilines is 1. The number of hydrogen-bond acceptors (Lipinski definition) is 4. The molecule has 2 aliphatic heterocycles. The average Bonchev–Trinajstić information content (AvgIpc) is 3.10. The third-order valence-corrected chi connectivity index (χ3v) is 5.64. The molecule has 25 heavy (non-hydrogen) atoms. The second-order valence-corrected chi connectivity index (χ2v) is 7.10. The Hall–Kier alpha value is -2.14. The van der Waals surface area contributed by atoms with Crippen LogP contribution in [0.5, 0.6) is 0 Å². The first kappa shape index (κ1) is 16.3. The summed E-state index contributed by atoms with van der Waals surface area (Å²) in [7, 11) is 0. The van der Waals surface area contributed by atoms with E-state index in [9.17, 15) is 4.79 Å². The second kappa shape index (κ2) is 7.00. The summed E-state index contributed by atoms with van der Waals surface area (Å²) < 4.78 is 1.64. The summed E-state index contributed by atoms with van der Waals surface area (Å²) in [6.07, 6.45) is 5.26. The van der Waals surface area contributed by atoms with Crippen LogP contribution in [0.25, 0.3) is 0 Å². The van der Waals surface area contributed by atoms with E-state index in [1.807, 2.05) is 6.20 Å². The van der Waals surface area contributed by atoms with Gasteiger partial charge in [0.2, 0.25) is 0 Å². The maximum absolute atomic E-state index is 12.6. The van der Waals surface area contributed by atoms with Crippen molar-refractivity contribution in [3.05, 3.63) is 58.0 Å². The zero-order valence-electron chi connectivity index (χ0n) is 14.9. The minimum absolute atomic E-state index is 0.0133. The molecular formula is C20H26N4O. The number of rotatable bonds is 4. The van der Waals surface area contributed by atoms with E-state index in [4.69, 9.17) is 0 Å². The summed E-state index contributed by atoms with van der Waals surface area (Å²) in [6, 6.07) is 10.8. The molecule has 5 heteroatoms. The Bertz CT molecular complexity index is 800. The minimum atomic E-state index is 0.0133. The minimum Gasteiger partial charge on any atom is -0.365 e. The standard InChI is InChI=1S/C20H26N4O/c1-2-22-10-5-8-18(22)15-24-20(25)12-19(13-21-24)23-11-9-16-6-3-4-7-17(16)14-23/h3-4,6-7,12-13,18H,2,5,8-11,14-15H2,1H3/t18-/m0/s1. The van der Waals surface area contributed by atoms with Gasteiger partial charge in [0.1, 0.15) is 0 Å². The zero-order valence-corrected chi connectivity index (χ0v) is 14.9. The predicted octanol–water partition coefficient (Wildman–Crippen LogP) is 2.29. The molecule has 132 valence electrons. The number of likely N-dealkylation sites (N-methyl/N-ethyl adjacent to an activating group) is 1. The molecular weight excluding hydrogens is 312 g/mol. The van der Waals surface area contributed by atoms with Crippen LogP contribution >= 0.6 is 0 Å². The van der Waals surface area contributed by atoms with Gasteiger partial charge in [-0.15, -0.1) is 0 Å². The van der Waals surface area contributed by atoms with E-state index >= 15 is 0 Å². The summed E-state index contributed by atoms with van der Waals surface area (Å²) in [4.78, 5) is 17.3. The van der Waals surface area contributed by atoms with E-state index < -0.39 is 0 Å². The normalized spacial score (nSPS) is 20.7. The van der Waals surface area contributed by atoms with Crippen molar-refractivity contribution < 1.29 is 0 Å². The molecule has 1 aromatic carbocycles. The summed E-state index contributed by atoms with van der Waals surface area (Å²) >= 11 is 0. The molecule has 1 fully saturated rings. The molecule has 0 unspecified atom stereocenters. The van der Waals surface area contributed by atoms with Gasteiger partial charge in [0.15, 0.2) is 0 Å². The van der Waals surface area contributed by atoms with Gasteiger partial charge < -0.3 is 4.90 Å². The van der Waals surface area contributed by atoms with E-state index in [1.54, 1.807) is 10.7 Å². The molecule has 0 amide bonds. The van der Waals surface area contributed by atoms with Crippen molar-refractivity contribution in [1.29, 1.82) is 0 Å². The van der Waals surface area contributed by atoms with Crippen LogP contribution in [0, 0.1) is 0 Å². The van der Waals surface area contributed by atoms with Crippen LogP contribution in [0.1, 0.15) is 30.9 Å². The van der Waals surface area contributed by atoms with Crippen LogP contribution < -0.4 is 10.5 Å². The smallest absolute Gasteiger partial charge is 0.268 e. The first-order valence-electron chi connectivity index (χ1n) is 9.37. The lowest BCUT2D eigenvalue weighted by Crippen LogP contribution is -2.37. The van der Waals surface area contributed by atoms with E-state index in [-0.39, 0.29) is 5.56 Å². The van der Waals surface area contributed by atoms with Gasteiger partial charge in [-0.25, -0.2) is 4.68 Å². The molecule has 1 saturated heterocycles. The molecule has 0 spiro atoms. The van der Waals surface area contributed by atoms with Crippen molar-refractivity contribution >= 4 is 5.69 Å². The van der Waals surface area contributed by atoms with Crippen molar-refractivity contribution in [2.45, 2.75) is 45.3 Å². The van der Waals surface area contributed by atoms with Crippen LogP contribution in [0.4, 0.5) is 5.69 Å². The molecule has 0 radical (unpaired) electrons. The third kappa shape index (κ3) is 3.33. The number of fused-ring (bicyclic) bond motifs is 1. The number of likely N-dealkylation sites (tertiary alicyclic amines) is 1. The zero-order chi connectivity index (χ0) is 17.2. The summed E-state index contributed by atoms with van der Waals surface area (Å²) in [5.74, 6) is 0. The fourth-order valence-electron chi connectivity index (χ4n) is 4.17. The highest BCUT2D eigenvalue weighted by atomic mass is 16.1. The van der Waals surface area contributed by atoms with E-state index in [0.29, 0.717) is 12.6 Å². The van der Waals surface area contributed by atoms with Gasteiger partial charge in [0, 0.05) is 25.2 Å². The molecule has 3 heterocycles. The van der Waals surface area contributed by atoms with E-state index in [0.717, 1.165) is 44.7 Å². The summed E-state index contributed by atoms with van der Waals surface area (Å²) in [5, 5.41) is 4.48. The maximum atomic E-state index is 12.6. The topological polar surface area (TPSA) is 41.4 Å². The van der Waals surface area contributed by atoms with Gasteiger partial charge in [-0.1, -0.05) is 31.2 Å². The maximum Gasteiger partial charge on any atom is 0.268 e. The number of aromatic nitrogens is 2. The van der Waals surface area contributed by atoms with Crippen LogP contribution in [0.3, 0.4) is 0 Å². The summed E-state index contributed by atoms with van der Waals surface area (Å²) in [5.41, 5.74) is 3.72. The van der Waals surface area contributed by atoms with Gasteiger partial charge in [-0.05, 0) is 43.5 Å². The Labute approximate surface area is 148 Å². The van der Waals surface area contributed by atoms with Crippen LogP contribution in [-0.4, -0.2) is 40.4 Å². The van der Waals surface area contributed by atoms with Gasteiger partial charge in [0.25, 0.3) is 5.56 Å². The molecule has 2 aliphatic rings. The molecule has 2 aromatic rings. The Morgan fingerprint density at radius 2 is 2.04 bits per heavy atom. The molecule has 0 N–H and O–H groups in total. The number of hydrogen-bond donors (Lipinski definition) is 0. The first-order valence-corrected chi connectivity index (χ1v) is 9.37.